The number of carbonyl (C=O) groups is 1. The Bertz CT molecular complexity index is 1310. The molecule has 3 aromatic rings. The smallest absolute Gasteiger partial charge is 0.256 e. The van der Waals surface area contributed by atoms with Crippen molar-refractivity contribution >= 4 is 21.7 Å². The molecule has 1 N–H and O–H groups in total. The van der Waals surface area contributed by atoms with Crippen LogP contribution in [-0.4, -0.2) is 55.7 Å². The second kappa shape index (κ2) is 10.5. The van der Waals surface area contributed by atoms with Crippen molar-refractivity contribution in [3.05, 3.63) is 65.4 Å². The van der Waals surface area contributed by atoms with Crippen LogP contribution in [0, 0.1) is 6.92 Å². The molecule has 0 radical (unpaired) electrons. The Balaban J connectivity index is 1.55. The third-order valence-electron chi connectivity index (χ3n) is 6.16. The number of piperidine rings is 1. The zero-order valence-electron chi connectivity index (χ0n) is 20.2. The molecule has 1 aliphatic heterocycles. The highest BCUT2D eigenvalue weighted by Crippen LogP contribution is 2.27. The largest absolute Gasteiger partial charge is 0.497 e. The van der Waals surface area contributed by atoms with E-state index < -0.39 is 15.9 Å². The molecule has 4 rings (SSSR count). The van der Waals surface area contributed by atoms with Crippen LogP contribution in [-0.2, 0) is 16.6 Å². The number of hydrogen-bond donors (Lipinski definition) is 1. The lowest BCUT2D eigenvalue weighted by atomic mass is 10.1. The number of sulfonamides is 1. The standard InChI is InChI=1S/C25H30N4O5S/c1-18-7-8-19(15-23(18)35(31,32)28-13-5-4-6-14-28)25(30)27-24-11-12-26-29(24)17-20-9-10-21(33-2)16-22(20)34-3/h7-12,15-16H,4-6,13-14,17H2,1-3H3,(H,27,30). The van der Waals surface area contributed by atoms with Gasteiger partial charge in [0.1, 0.15) is 17.3 Å². The Kier molecular flexibility index (Phi) is 7.42. The van der Waals surface area contributed by atoms with Gasteiger partial charge in [-0.25, -0.2) is 13.1 Å². The van der Waals surface area contributed by atoms with Gasteiger partial charge in [0.05, 0.1) is 31.9 Å². The van der Waals surface area contributed by atoms with Crippen molar-refractivity contribution < 1.29 is 22.7 Å². The van der Waals surface area contributed by atoms with E-state index in [1.54, 1.807) is 56.3 Å². The lowest BCUT2D eigenvalue weighted by molar-refractivity contribution is 0.102. The van der Waals surface area contributed by atoms with Crippen LogP contribution in [0.15, 0.2) is 53.6 Å². The van der Waals surface area contributed by atoms with Crippen LogP contribution < -0.4 is 14.8 Å². The SMILES string of the molecule is COc1ccc(Cn2nccc2NC(=O)c2ccc(C)c(S(=O)(=O)N3CCCCC3)c2)c(OC)c1. The highest BCUT2D eigenvalue weighted by Gasteiger charge is 2.28. The quantitative estimate of drug-likeness (QED) is 0.508. The van der Waals surface area contributed by atoms with E-state index in [0.29, 0.717) is 42.5 Å². The third kappa shape index (κ3) is 5.33. The minimum atomic E-state index is -3.66. The molecule has 35 heavy (non-hydrogen) atoms. The molecule has 1 fully saturated rings. The number of benzene rings is 2. The predicted molar refractivity (Wildman–Crippen MR) is 133 cm³/mol. The summed E-state index contributed by atoms with van der Waals surface area (Å²) in [5, 5.41) is 7.17. The molecule has 2 aromatic carbocycles. The van der Waals surface area contributed by atoms with E-state index >= 15 is 0 Å². The summed E-state index contributed by atoms with van der Waals surface area (Å²) in [5.74, 6) is 1.38. The molecular formula is C25H30N4O5S. The molecular weight excluding hydrogens is 468 g/mol. The van der Waals surface area contributed by atoms with Crippen LogP contribution in [0.4, 0.5) is 5.82 Å². The monoisotopic (exact) mass is 498 g/mol. The maximum Gasteiger partial charge on any atom is 0.256 e. The number of nitrogens with zero attached hydrogens (tertiary/aromatic N) is 3. The number of hydrogen-bond acceptors (Lipinski definition) is 6. The normalized spacial score (nSPS) is 14.5. The van der Waals surface area contributed by atoms with Gasteiger partial charge in [-0.05, 0) is 49.6 Å². The number of aryl methyl sites for hydroxylation is 1. The van der Waals surface area contributed by atoms with Crippen molar-refractivity contribution in [3.8, 4) is 11.5 Å². The van der Waals surface area contributed by atoms with Gasteiger partial charge < -0.3 is 14.8 Å². The van der Waals surface area contributed by atoms with E-state index in [1.807, 2.05) is 12.1 Å². The highest BCUT2D eigenvalue weighted by molar-refractivity contribution is 7.89. The predicted octanol–water partition coefficient (Wildman–Crippen LogP) is 3.68. The van der Waals surface area contributed by atoms with Gasteiger partial charge in [-0.15, -0.1) is 0 Å². The second-order valence-corrected chi connectivity index (χ2v) is 10.4. The summed E-state index contributed by atoms with van der Waals surface area (Å²) < 4.78 is 40.3. The molecule has 1 aromatic heterocycles. The van der Waals surface area contributed by atoms with Gasteiger partial charge in [-0.3, -0.25) is 4.79 Å². The number of rotatable bonds is 8. The van der Waals surface area contributed by atoms with E-state index in [-0.39, 0.29) is 10.5 Å². The summed E-state index contributed by atoms with van der Waals surface area (Å²) in [7, 11) is -0.494. The molecule has 0 unspecified atom stereocenters. The highest BCUT2D eigenvalue weighted by atomic mass is 32.2. The molecule has 1 saturated heterocycles. The summed E-state index contributed by atoms with van der Waals surface area (Å²) in [6, 6.07) is 11.9. The maximum absolute atomic E-state index is 13.2. The molecule has 0 saturated carbocycles. The van der Waals surface area contributed by atoms with E-state index in [4.69, 9.17) is 9.47 Å². The maximum atomic E-state index is 13.2. The van der Waals surface area contributed by atoms with E-state index in [1.165, 1.54) is 10.4 Å². The molecule has 0 bridgehead atoms. The van der Waals surface area contributed by atoms with Gasteiger partial charge >= 0.3 is 0 Å². The first-order valence-corrected chi connectivity index (χ1v) is 12.9. The molecule has 186 valence electrons. The summed E-state index contributed by atoms with van der Waals surface area (Å²) >= 11 is 0. The minimum Gasteiger partial charge on any atom is -0.497 e. The van der Waals surface area contributed by atoms with Crippen LogP contribution in [0.25, 0.3) is 0 Å². The number of aromatic nitrogens is 2. The number of nitrogens with one attached hydrogen (secondary N) is 1. The van der Waals surface area contributed by atoms with E-state index in [9.17, 15) is 13.2 Å². The van der Waals surface area contributed by atoms with Crippen molar-refractivity contribution in [2.75, 3.05) is 32.6 Å². The fraction of sp³-hybridized carbons (Fsp3) is 0.360. The first-order chi connectivity index (χ1) is 16.8. The van der Waals surface area contributed by atoms with Crippen molar-refractivity contribution in [3.63, 3.8) is 0 Å². The summed E-state index contributed by atoms with van der Waals surface area (Å²) in [6.45, 7) is 3.12. The van der Waals surface area contributed by atoms with Gasteiger partial charge in [0.2, 0.25) is 10.0 Å². The summed E-state index contributed by atoms with van der Waals surface area (Å²) in [6.07, 6.45) is 4.32. The second-order valence-electron chi connectivity index (χ2n) is 8.45. The fourth-order valence-corrected chi connectivity index (χ4v) is 5.93. The van der Waals surface area contributed by atoms with E-state index in [0.717, 1.165) is 24.8 Å². The van der Waals surface area contributed by atoms with Crippen LogP contribution in [0.5, 0.6) is 11.5 Å². The molecule has 1 amide bonds. The first kappa shape index (κ1) is 24.7. The van der Waals surface area contributed by atoms with Crippen molar-refractivity contribution in [2.24, 2.45) is 0 Å². The van der Waals surface area contributed by atoms with Crippen LogP contribution in [0.3, 0.4) is 0 Å². The number of carbonyl (C=O) groups excluding carboxylic acids is 1. The van der Waals surface area contributed by atoms with Crippen LogP contribution >= 0.6 is 0 Å². The van der Waals surface area contributed by atoms with Gasteiger partial charge in [0.15, 0.2) is 0 Å². The van der Waals surface area contributed by atoms with Crippen molar-refractivity contribution in [2.45, 2.75) is 37.6 Å². The molecule has 0 aliphatic carbocycles. The average Bonchev–Trinajstić information content (AvgIpc) is 3.31. The molecule has 10 heteroatoms. The van der Waals surface area contributed by atoms with Gasteiger partial charge in [0.25, 0.3) is 5.91 Å². The average molecular weight is 499 g/mol. The lowest BCUT2D eigenvalue weighted by Gasteiger charge is -2.26. The Labute approximate surface area is 205 Å². The molecule has 1 aliphatic rings. The van der Waals surface area contributed by atoms with Crippen LogP contribution in [0.1, 0.15) is 40.7 Å². The van der Waals surface area contributed by atoms with Gasteiger partial charge in [-0.2, -0.15) is 9.40 Å². The number of methoxy groups -OCH3 is 2. The van der Waals surface area contributed by atoms with Crippen LogP contribution in [0.2, 0.25) is 0 Å². The number of ether oxygens (including phenoxy) is 2. The molecule has 0 atom stereocenters. The topological polar surface area (TPSA) is 103 Å². The Hall–Kier alpha value is -3.37. The summed E-state index contributed by atoms with van der Waals surface area (Å²) in [5.41, 5.74) is 1.74. The Morgan fingerprint density at radius 2 is 1.80 bits per heavy atom. The number of amides is 1. The number of anilines is 1. The molecule has 2 heterocycles. The van der Waals surface area contributed by atoms with E-state index in [2.05, 4.69) is 10.4 Å². The van der Waals surface area contributed by atoms with Gasteiger partial charge in [0, 0.05) is 36.3 Å². The summed E-state index contributed by atoms with van der Waals surface area (Å²) in [4.78, 5) is 13.3. The Morgan fingerprint density at radius 3 is 2.51 bits per heavy atom. The van der Waals surface area contributed by atoms with Gasteiger partial charge in [-0.1, -0.05) is 12.5 Å². The lowest BCUT2D eigenvalue weighted by Crippen LogP contribution is -2.36. The molecule has 0 spiro atoms. The fourth-order valence-electron chi connectivity index (χ4n) is 4.16. The first-order valence-electron chi connectivity index (χ1n) is 11.5. The minimum absolute atomic E-state index is 0.170. The molecule has 9 nitrogen and oxygen atoms in total. The zero-order valence-corrected chi connectivity index (χ0v) is 21.0. The Morgan fingerprint density at radius 1 is 1.03 bits per heavy atom. The zero-order chi connectivity index (χ0) is 25.0. The van der Waals surface area contributed by atoms with Crippen molar-refractivity contribution in [1.29, 1.82) is 0 Å². The third-order valence-corrected chi connectivity index (χ3v) is 8.20. The van der Waals surface area contributed by atoms with Crippen molar-refractivity contribution in [1.82, 2.24) is 14.1 Å².